The zero-order valence-corrected chi connectivity index (χ0v) is 19.4. The number of nitrogens with zero attached hydrogens (tertiary/aromatic N) is 3. The summed E-state index contributed by atoms with van der Waals surface area (Å²) in [7, 11) is 2.11. The minimum absolute atomic E-state index is 0.0228. The van der Waals surface area contributed by atoms with E-state index >= 15 is 0 Å². The second-order valence-corrected chi connectivity index (χ2v) is 8.93. The van der Waals surface area contributed by atoms with Crippen LogP contribution < -0.4 is 9.80 Å². The third kappa shape index (κ3) is 3.97. The van der Waals surface area contributed by atoms with Gasteiger partial charge in [-0.05, 0) is 67.7 Å². The van der Waals surface area contributed by atoms with Crippen LogP contribution in [0, 0.1) is 0 Å². The maximum Gasteiger partial charge on any atom is 0.300 e. The van der Waals surface area contributed by atoms with Crippen molar-refractivity contribution < 1.29 is 19.1 Å². The van der Waals surface area contributed by atoms with E-state index in [1.807, 2.05) is 24.3 Å². The second kappa shape index (κ2) is 9.00. The van der Waals surface area contributed by atoms with Gasteiger partial charge in [0.1, 0.15) is 17.6 Å². The zero-order chi connectivity index (χ0) is 23.8. The Morgan fingerprint density at radius 1 is 0.941 bits per heavy atom. The summed E-state index contributed by atoms with van der Waals surface area (Å²) >= 11 is 5.97. The normalized spacial score (nSPS) is 20.8. The van der Waals surface area contributed by atoms with Crippen molar-refractivity contribution in [2.75, 3.05) is 43.0 Å². The van der Waals surface area contributed by atoms with Crippen molar-refractivity contribution in [3.63, 3.8) is 0 Å². The van der Waals surface area contributed by atoms with Crippen LogP contribution in [-0.2, 0) is 9.59 Å². The van der Waals surface area contributed by atoms with Crippen LogP contribution >= 0.6 is 11.6 Å². The number of anilines is 2. The number of benzene rings is 2. The molecule has 7 nitrogen and oxygen atoms in total. The molecule has 3 aromatic rings. The number of rotatable bonds is 4. The Hall–Kier alpha value is -3.55. The molecule has 0 aliphatic carbocycles. The van der Waals surface area contributed by atoms with E-state index in [4.69, 9.17) is 16.0 Å². The van der Waals surface area contributed by atoms with E-state index in [0.29, 0.717) is 22.0 Å². The summed E-state index contributed by atoms with van der Waals surface area (Å²) in [6.45, 7) is 3.82. The molecule has 1 aromatic heterocycles. The fourth-order valence-electron chi connectivity index (χ4n) is 4.47. The van der Waals surface area contributed by atoms with Crippen molar-refractivity contribution in [2.24, 2.45) is 0 Å². The topological polar surface area (TPSA) is 77.2 Å². The standard InChI is InChI=1S/C26H24ClN3O4/c1-28-12-14-29(15-13-28)19-8-10-20(11-9-19)30-23(21-3-2-16-34-21)22(25(32)26(30)33)24(31)17-4-6-18(27)7-5-17/h2-11,16,23,31H,12-15H2,1H3/b24-22-. The Labute approximate surface area is 202 Å². The molecule has 2 aromatic carbocycles. The molecule has 1 N–H and O–H groups in total. The van der Waals surface area contributed by atoms with Gasteiger partial charge in [0.25, 0.3) is 11.7 Å². The molecule has 2 fully saturated rings. The molecule has 1 amide bonds. The number of halogens is 1. The van der Waals surface area contributed by atoms with Crippen LogP contribution in [0.2, 0.25) is 5.02 Å². The van der Waals surface area contributed by atoms with Crippen molar-refractivity contribution in [1.82, 2.24) is 4.90 Å². The maximum atomic E-state index is 13.2. The summed E-state index contributed by atoms with van der Waals surface area (Å²) in [6.07, 6.45) is 1.48. The molecule has 2 aliphatic heterocycles. The van der Waals surface area contributed by atoms with Crippen LogP contribution in [-0.4, -0.2) is 54.9 Å². The number of carbonyl (C=O) groups is 2. The lowest BCUT2D eigenvalue weighted by molar-refractivity contribution is -0.132. The van der Waals surface area contributed by atoms with E-state index in [9.17, 15) is 14.7 Å². The van der Waals surface area contributed by atoms with Gasteiger partial charge in [-0.3, -0.25) is 14.5 Å². The highest BCUT2D eigenvalue weighted by Crippen LogP contribution is 2.42. The lowest BCUT2D eigenvalue weighted by atomic mass is 9.99. The van der Waals surface area contributed by atoms with Crippen LogP contribution in [0.1, 0.15) is 17.4 Å². The molecule has 8 heteroatoms. The van der Waals surface area contributed by atoms with Gasteiger partial charge in [0.15, 0.2) is 0 Å². The summed E-state index contributed by atoms with van der Waals surface area (Å²) in [5.74, 6) is -1.37. The maximum absolute atomic E-state index is 13.2. The van der Waals surface area contributed by atoms with Gasteiger partial charge in [-0.2, -0.15) is 0 Å². The molecule has 0 bridgehead atoms. The van der Waals surface area contributed by atoms with Crippen molar-refractivity contribution in [1.29, 1.82) is 0 Å². The number of ketones is 1. The molecule has 3 heterocycles. The molecule has 1 atom stereocenters. The lowest BCUT2D eigenvalue weighted by Crippen LogP contribution is -2.44. The van der Waals surface area contributed by atoms with E-state index in [-0.39, 0.29) is 11.3 Å². The molecule has 2 saturated heterocycles. The first-order valence-electron chi connectivity index (χ1n) is 11.1. The molecule has 174 valence electrons. The number of furan rings is 1. The van der Waals surface area contributed by atoms with Crippen LogP contribution in [0.15, 0.2) is 76.9 Å². The second-order valence-electron chi connectivity index (χ2n) is 8.50. The van der Waals surface area contributed by atoms with Crippen LogP contribution in [0.25, 0.3) is 5.76 Å². The van der Waals surface area contributed by atoms with E-state index in [1.54, 1.807) is 36.4 Å². The number of likely N-dealkylation sites (N-methyl/N-ethyl adjacent to an activating group) is 1. The first-order chi connectivity index (χ1) is 16.4. The van der Waals surface area contributed by atoms with Crippen molar-refractivity contribution in [3.8, 4) is 0 Å². The monoisotopic (exact) mass is 477 g/mol. The summed E-state index contributed by atoms with van der Waals surface area (Å²) in [6, 6.07) is 16.5. The van der Waals surface area contributed by atoms with Crippen LogP contribution in [0.4, 0.5) is 11.4 Å². The largest absolute Gasteiger partial charge is 0.507 e. The van der Waals surface area contributed by atoms with E-state index in [2.05, 4.69) is 16.8 Å². The molecule has 1 unspecified atom stereocenters. The Kier molecular flexibility index (Phi) is 5.89. The van der Waals surface area contributed by atoms with Gasteiger partial charge < -0.3 is 19.3 Å². The molecule has 0 saturated carbocycles. The average molecular weight is 478 g/mol. The summed E-state index contributed by atoms with van der Waals surface area (Å²) in [5, 5.41) is 11.6. The summed E-state index contributed by atoms with van der Waals surface area (Å²) in [4.78, 5) is 32.3. The highest BCUT2D eigenvalue weighted by molar-refractivity contribution is 6.51. The van der Waals surface area contributed by atoms with Gasteiger partial charge in [-0.1, -0.05) is 11.6 Å². The highest BCUT2D eigenvalue weighted by atomic mass is 35.5. The Bertz CT molecular complexity index is 1230. The number of piperazine rings is 1. The van der Waals surface area contributed by atoms with E-state index in [0.717, 1.165) is 31.9 Å². The predicted molar refractivity (Wildman–Crippen MR) is 131 cm³/mol. The minimum Gasteiger partial charge on any atom is -0.507 e. The van der Waals surface area contributed by atoms with Gasteiger partial charge in [0.2, 0.25) is 0 Å². The number of hydrogen-bond donors (Lipinski definition) is 1. The van der Waals surface area contributed by atoms with Gasteiger partial charge in [-0.25, -0.2) is 0 Å². The smallest absolute Gasteiger partial charge is 0.300 e. The number of aliphatic hydroxyl groups excluding tert-OH is 1. The first kappa shape index (κ1) is 22.3. The summed E-state index contributed by atoms with van der Waals surface area (Å²) in [5.41, 5.74) is 1.98. The first-order valence-corrected chi connectivity index (χ1v) is 11.5. The number of amides is 1. The van der Waals surface area contributed by atoms with E-state index in [1.165, 1.54) is 11.2 Å². The van der Waals surface area contributed by atoms with Crippen molar-refractivity contribution >= 4 is 40.4 Å². The van der Waals surface area contributed by atoms with E-state index < -0.39 is 17.7 Å². The van der Waals surface area contributed by atoms with Gasteiger partial charge in [0, 0.05) is 48.1 Å². The fourth-order valence-corrected chi connectivity index (χ4v) is 4.59. The molecule has 2 aliphatic rings. The molecule has 5 rings (SSSR count). The lowest BCUT2D eigenvalue weighted by Gasteiger charge is -2.34. The number of hydrogen-bond acceptors (Lipinski definition) is 6. The number of Topliss-reactive ketones (excluding diaryl/α,β-unsaturated/α-hetero) is 1. The third-order valence-corrected chi connectivity index (χ3v) is 6.62. The fraction of sp³-hybridized carbons (Fsp3) is 0.231. The highest BCUT2D eigenvalue weighted by Gasteiger charge is 2.48. The summed E-state index contributed by atoms with van der Waals surface area (Å²) < 4.78 is 5.60. The Balaban J connectivity index is 1.54. The zero-order valence-electron chi connectivity index (χ0n) is 18.6. The SMILES string of the molecule is CN1CCN(c2ccc(N3C(=O)C(=O)/C(=C(\O)c4ccc(Cl)cc4)C3c3ccco3)cc2)CC1. The van der Waals surface area contributed by atoms with Crippen LogP contribution in [0.5, 0.6) is 0 Å². The van der Waals surface area contributed by atoms with Crippen LogP contribution in [0.3, 0.4) is 0 Å². The number of aliphatic hydroxyl groups is 1. The van der Waals surface area contributed by atoms with Gasteiger partial charge >= 0.3 is 0 Å². The van der Waals surface area contributed by atoms with Gasteiger partial charge in [-0.15, -0.1) is 0 Å². The molecule has 34 heavy (non-hydrogen) atoms. The quantitative estimate of drug-likeness (QED) is 0.343. The molecule has 0 radical (unpaired) electrons. The molecular formula is C26H24ClN3O4. The average Bonchev–Trinajstić information content (AvgIpc) is 3.47. The number of carbonyl (C=O) groups excluding carboxylic acids is 2. The van der Waals surface area contributed by atoms with Crippen molar-refractivity contribution in [2.45, 2.75) is 6.04 Å². The molecular weight excluding hydrogens is 454 g/mol. The predicted octanol–water partition coefficient (Wildman–Crippen LogP) is 4.31. The third-order valence-electron chi connectivity index (χ3n) is 6.37. The minimum atomic E-state index is -0.889. The molecule has 0 spiro atoms. The Morgan fingerprint density at radius 3 is 2.21 bits per heavy atom. The van der Waals surface area contributed by atoms with Crippen molar-refractivity contribution in [3.05, 3.63) is 88.8 Å². The van der Waals surface area contributed by atoms with Gasteiger partial charge in [0.05, 0.1) is 11.8 Å². The Morgan fingerprint density at radius 2 is 1.59 bits per heavy atom.